The van der Waals surface area contributed by atoms with Gasteiger partial charge in [-0.25, -0.2) is 9.18 Å². The fraction of sp³-hybridized carbons (Fsp3) is 0.529. The molecule has 0 unspecified atom stereocenters. The van der Waals surface area contributed by atoms with E-state index in [0.717, 1.165) is 6.07 Å². The molecule has 1 aliphatic heterocycles. The summed E-state index contributed by atoms with van der Waals surface area (Å²) in [5.41, 5.74) is -0.355. The van der Waals surface area contributed by atoms with Gasteiger partial charge in [-0.2, -0.15) is 0 Å². The highest BCUT2D eigenvalue weighted by atomic mass is 79.9. The van der Waals surface area contributed by atoms with Crippen LogP contribution in [0.1, 0.15) is 38.1 Å². The van der Waals surface area contributed by atoms with E-state index in [1.165, 1.54) is 6.07 Å². The average Bonchev–Trinajstić information content (AvgIpc) is 2.49. The smallest absolute Gasteiger partial charge is 0.410 e. The van der Waals surface area contributed by atoms with Gasteiger partial charge < -0.3 is 14.5 Å². The van der Waals surface area contributed by atoms with Gasteiger partial charge in [0.1, 0.15) is 11.4 Å². The summed E-state index contributed by atoms with van der Waals surface area (Å²) in [5, 5.41) is -0.0562. The van der Waals surface area contributed by atoms with Gasteiger partial charge >= 0.3 is 6.09 Å². The molecule has 1 aromatic rings. The first-order chi connectivity index (χ1) is 11.5. The summed E-state index contributed by atoms with van der Waals surface area (Å²) in [7, 11) is 0. The normalized spacial score (nSPS) is 18.3. The number of piperazine rings is 1. The Morgan fingerprint density at radius 1 is 1.32 bits per heavy atom. The molecule has 2 rings (SSSR count). The minimum Gasteiger partial charge on any atom is -0.444 e. The lowest BCUT2D eigenvalue weighted by molar-refractivity contribution is 0.00616. The highest BCUT2D eigenvalue weighted by Crippen LogP contribution is 2.28. The van der Waals surface area contributed by atoms with Crippen LogP contribution in [0.4, 0.5) is 9.18 Å². The Hall–Kier alpha value is -1.34. The first kappa shape index (κ1) is 20.0. The van der Waals surface area contributed by atoms with Crippen molar-refractivity contribution in [2.45, 2.75) is 39.3 Å². The highest BCUT2D eigenvalue weighted by molar-refractivity contribution is 9.10. The molecule has 0 radical (unpaired) electrons. The van der Waals surface area contributed by atoms with Crippen LogP contribution in [-0.2, 0) is 4.74 Å². The molecule has 1 atom stereocenters. The number of benzene rings is 1. The molecule has 2 amide bonds. The molecular formula is C17H21BrClFN2O3. The monoisotopic (exact) mass is 434 g/mol. The molecule has 0 bridgehead atoms. The van der Waals surface area contributed by atoms with Crippen molar-refractivity contribution in [2.24, 2.45) is 0 Å². The number of ether oxygens (including phenoxy) is 1. The Labute approximate surface area is 160 Å². The number of hydrogen-bond donors (Lipinski definition) is 0. The van der Waals surface area contributed by atoms with Crippen LogP contribution in [0, 0.1) is 5.82 Å². The van der Waals surface area contributed by atoms with Gasteiger partial charge in [0.25, 0.3) is 5.91 Å². The van der Waals surface area contributed by atoms with Crippen LogP contribution >= 0.6 is 27.5 Å². The van der Waals surface area contributed by atoms with E-state index in [4.69, 9.17) is 16.3 Å². The van der Waals surface area contributed by atoms with Gasteiger partial charge in [0, 0.05) is 35.7 Å². The third kappa shape index (κ3) is 4.85. The lowest BCUT2D eigenvalue weighted by Crippen LogP contribution is -2.56. The van der Waals surface area contributed by atoms with Gasteiger partial charge in [0.2, 0.25) is 0 Å². The van der Waals surface area contributed by atoms with E-state index < -0.39 is 17.5 Å². The molecule has 0 spiro atoms. The van der Waals surface area contributed by atoms with Gasteiger partial charge in [-0.15, -0.1) is 0 Å². The quantitative estimate of drug-likeness (QED) is 0.617. The Balaban J connectivity index is 2.08. The van der Waals surface area contributed by atoms with Crippen molar-refractivity contribution < 1.29 is 18.7 Å². The molecule has 8 heteroatoms. The van der Waals surface area contributed by atoms with E-state index in [2.05, 4.69) is 15.9 Å². The maximum absolute atomic E-state index is 13.8. The fourth-order valence-corrected chi connectivity index (χ4v) is 3.14. The van der Waals surface area contributed by atoms with Gasteiger partial charge in [0.05, 0.1) is 5.02 Å². The molecule has 1 saturated heterocycles. The van der Waals surface area contributed by atoms with Crippen LogP contribution in [0.25, 0.3) is 0 Å². The van der Waals surface area contributed by atoms with Crippen molar-refractivity contribution in [3.8, 4) is 0 Å². The summed E-state index contributed by atoms with van der Waals surface area (Å²) in [5.74, 6) is -0.952. The molecule has 1 heterocycles. The van der Waals surface area contributed by atoms with Gasteiger partial charge in [-0.05, 0) is 55.8 Å². The number of nitrogens with zero attached hydrogens (tertiary/aromatic N) is 2. The molecule has 1 aromatic carbocycles. The summed E-state index contributed by atoms with van der Waals surface area (Å²) < 4.78 is 19.5. The summed E-state index contributed by atoms with van der Waals surface area (Å²) in [6.07, 6.45) is -0.397. The van der Waals surface area contributed by atoms with Crippen LogP contribution < -0.4 is 0 Å². The topological polar surface area (TPSA) is 49.9 Å². The summed E-state index contributed by atoms with van der Waals surface area (Å²) >= 11 is 8.92. The number of halogens is 3. The summed E-state index contributed by atoms with van der Waals surface area (Å²) in [6.45, 7) is 8.33. The van der Waals surface area contributed by atoms with Crippen molar-refractivity contribution >= 4 is 39.5 Å². The zero-order valence-electron chi connectivity index (χ0n) is 14.6. The second-order valence-electron chi connectivity index (χ2n) is 7.03. The Morgan fingerprint density at radius 3 is 2.48 bits per heavy atom. The average molecular weight is 436 g/mol. The molecule has 0 aromatic heterocycles. The van der Waals surface area contributed by atoms with Gasteiger partial charge in [0.15, 0.2) is 0 Å². The molecule has 1 fully saturated rings. The molecule has 0 aliphatic carbocycles. The molecule has 0 saturated carbocycles. The molecule has 5 nitrogen and oxygen atoms in total. The fourth-order valence-electron chi connectivity index (χ4n) is 2.60. The Bertz CT molecular complexity index is 670. The molecule has 0 N–H and O–H groups in total. The first-order valence-corrected chi connectivity index (χ1v) is 9.10. The molecule has 1 aliphatic rings. The maximum Gasteiger partial charge on any atom is 0.410 e. The van der Waals surface area contributed by atoms with Crippen LogP contribution in [0.15, 0.2) is 16.6 Å². The zero-order chi connectivity index (χ0) is 18.9. The van der Waals surface area contributed by atoms with Crippen molar-refractivity contribution in [1.82, 2.24) is 9.80 Å². The standard InChI is InChI=1S/C17H21BrClFN2O3/c1-10-9-21(16(24)25-17(2,3)4)5-6-22(10)15(23)11-7-12(18)14(19)13(20)8-11/h7-8,10H,5-6,9H2,1-4H3/t10-/m0/s1. The van der Waals surface area contributed by atoms with Crippen molar-refractivity contribution in [2.75, 3.05) is 19.6 Å². The van der Waals surface area contributed by atoms with E-state index in [-0.39, 0.29) is 22.5 Å². The first-order valence-electron chi connectivity index (χ1n) is 7.93. The lowest BCUT2D eigenvalue weighted by atomic mass is 10.1. The van der Waals surface area contributed by atoms with Gasteiger partial charge in [-0.1, -0.05) is 11.6 Å². The zero-order valence-corrected chi connectivity index (χ0v) is 16.9. The number of carbonyl (C=O) groups excluding carboxylic acids is 2. The summed E-state index contributed by atoms with van der Waals surface area (Å²) in [6, 6.07) is 2.41. The minimum atomic E-state index is -0.653. The Kier molecular flexibility index (Phi) is 5.99. The minimum absolute atomic E-state index is 0.0562. The lowest BCUT2D eigenvalue weighted by Gasteiger charge is -2.40. The molecular weight excluding hydrogens is 415 g/mol. The highest BCUT2D eigenvalue weighted by Gasteiger charge is 2.32. The number of hydrogen-bond acceptors (Lipinski definition) is 3. The van der Waals surface area contributed by atoms with Crippen LogP contribution in [0.5, 0.6) is 0 Å². The second-order valence-corrected chi connectivity index (χ2v) is 8.26. The second kappa shape index (κ2) is 7.50. The largest absolute Gasteiger partial charge is 0.444 e. The molecule has 138 valence electrons. The van der Waals surface area contributed by atoms with Crippen LogP contribution in [-0.4, -0.2) is 53.1 Å². The van der Waals surface area contributed by atoms with E-state index in [9.17, 15) is 14.0 Å². The molecule has 25 heavy (non-hydrogen) atoms. The summed E-state index contributed by atoms with van der Waals surface area (Å²) in [4.78, 5) is 28.1. The van der Waals surface area contributed by atoms with Crippen molar-refractivity contribution in [3.05, 3.63) is 33.0 Å². The predicted octanol–water partition coefficient (Wildman–Crippen LogP) is 4.32. The number of carbonyl (C=O) groups is 2. The van der Waals surface area contributed by atoms with E-state index in [0.29, 0.717) is 24.1 Å². The number of amides is 2. The maximum atomic E-state index is 13.8. The van der Waals surface area contributed by atoms with Crippen LogP contribution in [0.3, 0.4) is 0 Å². The SMILES string of the molecule is C[C@H]1CN(C(=O)OC(C)(C)C)CCN1C(=O)c1cc(F)c(Cl)c(Br)c1. The van der Waals surface area contributed by atoms with Crippen molar-refractivity contribution in [1.29, 1.82) is 0 Å². The Morgan fingerprint density at radius 2 is 1.96 bits per heavy atom. The van der Waals surface area contributed by atoms with Crippen molar-refractivity contribution in [3.63, 3.8) is 0 Å². The van der Waals surface area contributed by atoms with E-state index in [1.807, 2.05) is 6.92 Å². The van der Waals surface area contributed by atoms with Crippen LogP contribution in [0.2, 0.25) is 5.02 Å². The van der Waals surface area contributed by atoms with E-state index in [1.54, 1.807) is 30.6 Å². The van der Waals surface area contributed by atoms with E-state index >= 15 is 0 Å². The third-order valence-electron chi connectivity index (χ3n) is 3.77. The number of rotatable bonds is 1. The predicted molar refractivity (Wildman–Crippen MR) is 97.4 cm³/mol. The van der Waals surface area contributed by atoms with Gasteiger partial charge in [-0.3, -0.25) is 4.79 Å². The third-order valence-corrected chi connectivity index (χ3v) is 5.01.